The van der Waals surface area contributed by atoms with Crippen molar-refractivity contribution in [3.05, 3.63) is 70.3 Å². The van der Waals surface area contributed by atoms with Crippen LogP contribution in [0, 0.1) is 5.92 Å². The summed E-state index contributed by atoms with van der Waals surface area (Å²) in [6.45, 7) is 3.58. The predicted molar refractivity (Wildman–Crippen MR) is 190 cm³/mol. The number of ether oxygens (including phenoxy) is 7. The molecule has 4 aliphatic rings. The van der Waals surface area contributed by atoms with Gasteiger partial charge in [0, 0.05) is 35.2 Å². The third-order valence-corrected chi connectivity index (χ3v) is 9.82. The molecule has 17 nitrogen and oxygen atoms in total. The number of carbonyl (C=O) groups is 2. The predicted octanol–water partition coefficient (Wildman–Crippen LogP) is 2.00. The molecule has 0 spiro atoms. The Kier molecular flexibility index (Phi) is 11.7. The van der Waals surface area contributed by atoms with Crippen molar-refractivity contribution in [3.8, 4) is 34.5 Å². The summed E-state index contributed by atoms with van der Waals surface area (Å²) in [5, 5.41) is 51.0. The number of phenolic OH excluding ortho intramolecular Hbond substituents is 1. The highest BCUT2D eigenvalue weighted by Gasteiger charge is 2.49. The van der Waals surface area contributed by atoms with Gasteiger partial charge in [0.2, 0.25) is 0 Å². The fraction of sp³-hybridized carbons (Fsp3) is 0.487. The molecule has 0 amide bonds. The summed E-state index contributed by atoms with van der Waals surface area (Å²) in [4.78, 5) is 34.6. The van der Waals surface area contributed by atoms with Gasteiger partial charge >= 0.3 is 11.9 Å². The fourth-order valence-corrected chi connectivity index (χ4v) is 7.29. The smallest absolute Gasteiger partial charge is 0.317 e. The normalized spacial score (nSPS) is 25.8. The van der Waals surface area contributed by atoms with Crippen molar-refractivity contribution in [2.75, 3.05) is 33.0 Å². The van der Waals surface area contributed by atoms with Crippen LogP contribution in [-0.4, -0.2) is 107 Å². The van der Waals surface area contributed by atoms with Crippen LogP contribution in [0.1, 0.15) is 60.1 Å². The Morgan fingerprint density at radius 2 is 1.82 bits per heavy atom. The number of nitrogens with two attached hydrogens (primary N) is 1. The second kappa shape index (κ2) is 16.7. The first-order valence-electron chi connectivity index (χ1n) is 18.4. The molecule has 0 radical (unpaired) electrons. The molecule has 4 heterocycles. The molecule has 0 saturated carbocycles. The molecule has 7 rings (SSSR count). The van der Waals surface area contributed by atoms with Crippen LogP contribution in [0.3, 0.4) is 0 Å². The van der Waals surface area contributed by atoms with E-state index in [1.165, 1.54) is 0 Å². The van der Waals surface area contributed by atoms with Gasteiger partial charge in [-0.15, -0.1) is 0 Å². The van der Waals surface area contributed by atoms with Gasteiger partial charge in [-0.2, -0.15) is 4.89 Å². The highest BCUT2D eigenvalue weighted by atomic mass is 17.2. The number of aliphatic hydroxyl groups excluding tert-OH is 3. The molecule has 302 valence electrons. The maximum Gasteiger partial charge on any atom is 0.317 e. The summed E-state index contributed by atoms with van der Waals surface area (Å²) in [5.74, 6) is 0.0520. The molecule has 0 aromatic heterocycles. The van der Waals surface area contributed by atoms with Gasteiger partial charge in [0.1, 0.15) is 61.3 Å². The topological polar surface area (TPSA) is 244 Å². The van der Waals surface area contributed by atoms with Gasteiger partial charge in [0.15, 0.2) is 29.6 Å². The summed E-state index contributed by atoms with van der Waals surface area (Å²) >= 11 is 0. The fourth-order valence-electron chi connectivity index (χ4n) is 7.29. The second-order valence-corrected chi connectivity index (χ2v) is 14.4. The lowest BCUT2D eigenvalue weighted by Crippen LogP contribution is -2.60. The Labute approximate surface area is 321 Å². The summed E-state index contributed by atoms with van der Waals surface area (Å²) < 4.78 is 41.5. The third kappa shape index (κ3) is 8.15. The van der Waals surface area contributed by atoms with Crippen LogP contribution in [-0.2, 0) is 41.5 Å². The number of aliphatic carboxylic acids is 1. The van der Waals surface area contributed by atoms with Crippen LogP contribution in [0.4, 0.5) is 0 Å². The molecule has 8 unspecified atom stereocenters. The van der Waals surface area contributed by atoms with Crippen LogP contribution in [0.5, 0.6) is 34.5 Å². The van der Waals surface area contributed by atoms with Crippen molar-refractivity contribution < 1.29 is 78.1 Å². The molecular formula is C39H45NO16. The molecule has 56 heavy (non-hydrogen) atoms. The molecular weight excluding hydrogens is 738 g/mol. The monoisotopic (exact) mass is 783 g/mol. The maximum absolute atomic E-state index is 11.9. The van der Waals surface area contributed by atoms with E-state index >= 15 is 0 Å². The lowest BCUT2D eigenvalue weighted by atomic mass is 9.86. The molecule has 3 aromatic carbocycles. The van der Waals surface area contributed by atoms with Crippen molar-refractivity contribution in [1.82, 2.24) is 0 Å². The number of hydrogen-bond acceptors (Lipinski definition) is 16. The number of hydrogen-bond donors (Lipinski definition) is 6. The first-order valence-corrected chi connectivity index (χ1v) is 18.4. The zero-order chi connectivity index (χ0) is 39.7. The molecule has 17 heteroatoms. The van der Waals surface area contributed by atoms with Crippen LogP contribution >= 0.6 is 0 Å². The number of carbonyl (C=O) groups excluding carboxylic acids is 1. The van der Waals surface area contributed by atoms with Crippen molar-refractivity contribution in [2.24, 2.45) is 11.7 Å². The Balaban J connectivity index is 1.18. The van der Waals surface area contributed by atoms with Gasteiger partial charge in [-0.1, -0.05) is 26.0 Å². The largest absolute Gasteiger partial charge is 0.508 e. The van der Waals surface area contributed by atoms with E-state index in [9.17, 15) is 30.0 Å². The van der Waals surface area contributed by atoms with Crippen molar-refractivity contribution in [2.45, 2.75) is 82.1 Å². The number of esters is 1. The molecule has 0 aliphatic carbocycles. The van der Waals surface area contributed by atoms with Crippen LogP contribution in [0.15, 0.2) is 42.5 Å². The lowest BCUT2D eigenvalue weighted by molar-refractivity contribution is -0.372. The first kappa shape index (κ1) is 39.4. The number of aromatic hydroxyl groups is 1. The van der Waals surface area contributed by atoms with E-state index in [-0.39, 0.29) is 56.1 Å². The number of carboxylic acid groups (broad SMARTS) is 1. The minimum absolute atomic E-state index is 0.0439. The van der Waals surface area contributed by atoms with Gasteiger partial charge in [-0.05, 0) is 48.2 Å². The SMILES string of the molecule is CC(C)Cc1c2c(cc3c1OC1c4cc(OOC5C(OCCN)OC(COC(=O)CC(=O)O)C(O)C5O)c(Cc5cccc(O)c5)cc4OCC31)OC(CO)O2. The number of phenols is 1. The molecule has 3 aromatic rings. The van der Waals surface area contributed by atoms with E-state index in [0.717, 1.165) is 16.7 Å². The minimum Gasteiger partial charge on any atom is -0.508 e. The van der Waals surface area contributed by atoms with Gasteiger partial charge in [-0.25, -0.2) is 0 Å². The van der Waals surface area contributed by atoms with Crippen molar-refractivity contribution in [1.29, 1.82) is 0 Å². The van der Waals surface area contributed by atoms with Gasteiger partial charge in [-0.3, -0.25) is 9.59 Å². The zero-order valence-electron chi connectivity index (χ0n) is 30.7. The summed E-state index contributed by atoms with van der Waals surface area (Å²) in [6.07, 6.45) is -8.85. The van der Waals surface area contributed by atoms with Crippen molar-refractivity contribution in [3.63, 3.8) is 0 Å². The molecule has 0 bridgehead atoms. The number of benzene rings is 3. The highest BCUT2D eigenvalue weighted by Crippen LogP contribution is 2.58. The Hall–Kier alpha value is -4.88. The number of carboxylic acids is 1. The van der Waals surface area contributed by atoms with Crippen LogP contribution in [0.25, 0.3) is 0 Å². The van der Waals surface area contributed by atoms with E-state index in [2.05, 4.69) is 13.8 Å². The Morgan fingerprint density at radius 3 is 2.55 bits per heavy atom. The first-order chi connectivity index (χ1) is 26.9. The standard InChI is InChI=1S/C39H45NO16/c1-18(2)8-24-35-22(12-28-37(24)53-32(15-41)51-28)25-16-49-27-11-20(9-19-4-3-5-21(42)10-19)26(13-23(27)36(25)54-35)55-56-38-34(47)33(46)29(52-39(38)48-7-6-40)17-50-31(45)14-30(43)44/h3-5,10-13,18,25,29,32-34,36,38-39,41-42,46-47H,6-9,14-17,40H2,1-2H3,(H,43,44). The van der Waals surface area contributed by atoms with E-state index in [0.29, 0.717) is 40.5 Å². The average molecular weight is 784 g/mol. The zero-order valence-corrected chi connectivity index (χ0v) is 30.7. The molecule has 7 N–H and O–H groups in total. The maximum atomic E-state index is 11.9. The summed E-state index contributed by atoms with van der Waals surface area (Å²) in [6, 6.07) is 12.1. The van der Waals surface area contributed by atoms with E-state index < -0.39 is 68.1 Å². The Bertz CT molecular complexity index is 1920. The lowest BCUT2D eigenvalue weighted by Gasteiger charge is -2.41. The third-order valence-electron chi connectivity index (χ3n) is 9.82. The van der Waals surface area contributed by atoms with Gasteiger partial charge in [0.05, 0.1) is 19.1 Å². The summed E-state index contributed by atoms with van der Waals surface area (Å²) in [5.41, 5.74) is 9.33. The Morgan fingerprint density at radius 1 is 1.00 bits per heavy atom. The summed E-state index contributed by atoms with van der Waals surface area (Å²) in [7, 11) is 0. The number of rotatable bonds is 15. The van der Waals surface area contributed by atoms with E-state index in [4.69, 9.17) is 53.8 Å². The van der Waals surface area contributed by atoms with Gasteiger partial charge in [0.25, 0.3) is 6.29 Å². The quantitative estimate of drug-likeness (QED) is 0.0559. The number of aliphatic hydroxyl groups is 3. The molecule has 1 saturated heterocycles. The molecule has 1 fully saturated rings. The van der Waals surface area contributed by atoms with E-state index in [1.807, 2.05) is 12.1 Å². The van der Waals surface area contributed by atoms with Gasteiger partial charge < -0.3 is 69.3 Å². The number of fused-ring (bicyclic) bond motifs is 6. The second-order valence-electron chi connectivity index (χ2n) is 14.4. The molecule has 8 atom stereocenters. The molecule has 4 aliphatic heterocycles. The highest BCUT2D eigenvalue weighted by molar-refractivity contribution is 5.90. The van der Waals surface area contributed by atoms with Crippen molar-refractivity contribution >= 4 is 11.9 Å². The minimum atomic E-state index is -1.70. The van der Waals surface area contributed by atoms with Crippen LogP contribution in [0.2, 0.25) is 0 Å². The van der Waals surface area contributed by atoms with Crippen LogP contribution < -0.4 is 29.6 Å². The van der Waals surface area contributed by atoms with E-state index in [1.54, 1.807) is 30.3 Å². The average Bonchev–Trinajstić information content (AvgIpc) is 3.75.